The first-order valence-electron chi connectivity index (χ1n) is 7.88. The summed E-state index contributed by atoms with van der Waals surface area (Å²) in [6.45, 7) is 5.43. The van der Waals surface area contributed by atoms with E-state index in [1.54, 1.807) is 6.07 Å². The Balaban J connectivity index is 2.02. The van der Waals surface area contributed by atoms with Crippen molar-refractivity contribution in [1.29, 1.82) is 0 Å². The lowest BCUT2D eigenvalue weighted by molar-refractivity contribution is 0.0846. The van der Waals surface area contributed by atoms with Gasteiger partial charge >= 0.3 is 0 Å². The number of hydrogen-bond donors (Lipinski definition) is 1. The molecule has 0 radical (unpaired) electrons. The quantitative estimate of drug-likeness (QED) is 0.844. The zero-order chi connectivity index (χ0) is 14.4. The lowest BCUT2D eigenvalue weighted by Crippen LogP contribution is -2.47. The van der Waals surface area contributed by atoms with E-state index in [0.29, 0.717) is 11.8 Å². The predicted molar refractivity (Wildman–Crippen MR) is 80.5 cm³/mol. The molecule has 2 rings (SSSR count). The van der Waals surface area contributed by atoms with Crippen molar-refractivity contribution in [3.8, 4) is 5.75 Å². The molecule has 0 aromatic heterocycles. The molecule has 112 valence electrons. The maximum absolute atomic E-state index is 13.3. The van der Waals surface area contributed by atoms with Gasteiger partial charge in [-0.1, -0.05) is 26.3 Å². The highest BCUT2D eigenvalue weighted by atomic mass is 19.1. The predicted octanol–water partition coefficient (Wildman–Crippen LogP) is 4.15. The molecule has 1 aromatic carbocycles. The van der Waals surface area contributed by atoms with Crippen molar-refractivity contribution in [3.63, 3.8) is 0 Å². The molecule has 1 saturated carbocycles. The maximum Gasteiger partial charge on any atom is 0.126 e. The first kappa shape index (κ1) is 15.3. The molecule has 1 aromatic rings. The van der Waals surface area contributed by atoms with Gasteiger partial charge in [0.05, 0.1) is 0 Å². The molecule has 0 spiro atoms. The molecule has 0 heterocycles. The molecule has 1 aliphatic carbocycles. The van der Waals surface area contributed by atoms with E-state index in [-0.39, 0.29) is 11.9 Å². The number of benzene rings is 1. The molecule has 1 fully saturated rings. The monoisotopic (exact) mass is 279 g/mol. The van der Waals surface area contributed by atoms with Crippen LogP contribution in [-0.2, 0) is 0 Å². The largest absolute Gasteiger partial charge is 0.489 e. The van der Waals surface area contributed by atoms with Crippen molar-refractivity contribution in [3.05, 3.63) is 30.1 Å². The lowest BCUT2D eigenvalue weighted by Gasteiger charge is -2.36. The molecule has 1 N–H and O–H groups in total. The SMILES string of the molecule is CCCNC1CCC(CC)CC1Oc1cccc(F)c1. The summed E-state index contributed by atoms with van der Waals surface area (Å²) in [5.74, 6) is 1.15. The van der Waals surface area contributed by atoms with Gasteiger partial charge in [-0.25, -0.2) is 4.39 Å². The number of ether oxygens (including phenoxy) is 1. The number of halogens is 1. The van der Waals surface area contributed by atoms with Gasteiger partial charge in [0.25, 0.3) is 0 Å². The lowest BCUT2D eigenvalue weighted by atomic mass is 9.82. The van der Waals surface area contributed by atoms with Crippen molar-refractivity contribution in [2.24, 2.45) is 5.92 Å². The number of nitrogens with one attached hydrogen (secondary N) is 1. The topological polar surface area (TPSA) is 21.3 Å². The van der Waals surface area contributed by atoms with Gasteiger partial charge in [-0.3, -0.25) is 0 Å². The van der Waals surface area contributed by atoms with Crippen LogP contribution in [0.25, 0.3) is 0 Å². The Morgan fingerprint density at radius 2 is 2.15 bits per heavy atom. The van der Waals surface area contributed by atoms with Crippen molar-refractivity contribution in [1.82, 2.24) is 5.32 Å². The average molecular weight is 279 g/mol. The molecular formula is C17H26FNO. The zero-order valence-electron chi connectivity index (χ0n) is 12.6. The highest BCUT2D eigenvalue weighted by molar-refractivity contribution is 5.23. The van der Waals surface area contributed by atoms with Crippen molar-refractivity contribution >= 4 is 0 Å². The minimum Gasteiger partial charge on any atom is -0.489 e. The molecule has 20 heavy (non-hydrogen) atoms. The van der Waals surface area contributed by atoms with Crippen LogP contribution in [-0.4, -0.2) is 18.7 Å². The van der Waals surface area contributed by atoms with Crippen LogP contribution in [0.2, 0.25) is 0 Å². The van der Waals surface area contributed by atoms with Crippen molar-refractivity contribution < 1.29 is 9.13 Å². The molecule has 0 aliphatic heterocycles. The van der Waals surface area contributed by atoms with Gasteiger partial charge in [0.15, 0.2) is 0 Å². The van der Waals surface area contributed by atoms with E-state index in [4.69, 9.17) is 4.74 Å². The van der Waals surface area contributed by atoms with E-state index in [9.17, 15) is 4.39 Å². The van der Waals surface area contributed by atoms with Gasteiger partial charge in [0.1, 0.15) is 17.7 Å². The fraction of sp³-hybridized carbons (Fsp3) is 0.647. The van der Waals surface area contributed by atoms with Gasteiger partial charge in [-0.2, -0.15) is 0 Å². The molecule has 3 heteroatoms. The summed E-state index contributed by atoms with van der Waals surface area (Å²) in [5, 5.41) is 3.58. The summed E-state index contributed by atoms with van der Waals surface area (Å²) in [7, 11) is 0. The van der Waals surface area contributed by atoms with Crippen LogP contribution in [0.3, 0.4) is 0 Å². The summed E-state index contributed by atoms with van der Waals surface area (Å²) >= 11 is 0. The van der Waals surface area contributed by atoms with Crippen LogP contribution < -0.4 is 10.1 Å². The van der Waals surface area contributed by atoms with Crippen LogP contribution in [0.1, 0.15) is 46.0 Å². The molecule has 3 atom stereocenters. The Bertz CT molecular complexity index is 410. The summed E-state index contributed by atoms with van der Waals surface area (Å²) in [6, 6.07) is 6.87. The van der Waals surface area contributed by atoms with Gasteiger partial charge in [-0.05, 0) is 50.3 Å². The zero-order valence-corrected chi connectivity index (χ0v) is 12.6. The molecule has 0 bridgehead atoms. The number of hydrogen-bond acceptors (Lipinski definition) is 2. The number of rotatable bonds is 6. The van der Waals surface area contributed by atoms with Crippen LogP contribution in [0, 0.1) is 11.7 Å². The summed E-state index contributed by atoms with van der Waals surface area (Å²) in [6.07, 6.45) is 5.96. The Hall–Kier alpha value is -1.09. The Morgan fingerprint density at radius 1 is 1.30 bits per heavy atom. The second-order valence-corrected chi connectivity index (χ2v) is 5.76. The second-order valence-electron chi connectivity index (χ2n) is 5.76. The minimum atomic E-state index is -0.233. The third kappa shape index (κ3) is 4.20. The first-order valence-corrected chi connectivity index (χ1v) is 7.88. The van der Waals surface area contributed by atoms with Crippen molar-refractivity contribution in [2.75, 3.05) is 6.54 Å². The standard InChI is InChI=1S/C17H26FNO/c1-3-10-19-16-9-8-13(4-2)11-17(16)20-15-7-5-6-14(18)12-15/h5-7,12-13,16-17,19H,3-4,8-11H2,1-2H3. The van der Waals surface area contributed by atoms with E-state index >= 15 is 0 Å². The van der Waals surface area contributed by atoms with Crippen molar-refractivity contribution in [2.45, 2.75) is 58.1 Å². The van der Waals surface area contributed by atoms with E-state index in [1.807, 2.05) is 6.07 Å². The smallest absolute Gasteiger partial charge is 0.126 e. The molecule has 1 aliphatic rings. The Kier molecular flexibility index (Phi) is 5.84. The van der Waals surface area contributed by atoms with Gasteiger partial charge < -0.3 is 10.1 Å². The Labute approximate surface area is 121 Å². The van der Waals surface area contributed by atoms with Crippen LogP contribution in [0.4, 0.5) is 4.39 Å². The Morgan fingerprint density at radius 3 is 2.85 bits per heavy atom. The highest BCUT2D eigenvalue weighted by Gasteiger charge is 2.30. The summed E-state index contributed by atoms with van der Waals surface area (Å²) in [4.78, 5) is 0. The maximum atomic E-state index is 13.3. The van der Waals surface area contributed by atoms with Crippen LogP contribution in [0.15, 0.2) is 24.3 Å². The third-order valence-corrected chi connectivity index (χ3v) is 4.22. The summed E-state index contributed by atoms with van der Waals surface area (Å²) < 4.78 is 19.3. The second kappa shape index (κ2) is 7.63. The molecule has 0 saturated heterocycles. The fourth-order valence-electron chi connectivity index (χ4n) is 2.99. The van der Waals surface area contributed by atoms with E-state index in [2.05, 4.69) is 19.2 Å². The average Bonchev–Trinajstić information content (AvgIpc) is 2.46. The molecule has 0 amide bonds. The van der Waals surface area contributed by atoms with Crippen LogP contribution >= 0.6 is 0 Å². The fourth-order valence-corrected chi connectivity index (χ4v) is 2.99. The molecule has 3 unspecified atom stereocenters. The summed E-state index contributed by atoms with van der Waals surface area (Å²) in [5.41, 5.74) is 0. The van der Waals surface area contributed by atoms with E-state index in [0.717, 1.165) is 31.7 Å². The highest BCUT2D eigenvalue weighted by Crippen LogP contribution is 2.30. The van der Waals surface area contributed by atoms with Crippen LogP contribution in [0.5, 0.6) is 5.75 Å². The van der Waals surface area contributed by atoms with Gasteiger partial charge in [-0.15, -0.1) is 0 Å². The van der Waals surface area contributed by atoms with E-state index in [1.165, 1.54) is 25.0 Å². The first-order chi connectivity index (χ1) is 9.72. The molecule has 2 nitrogen and oxygen atoms in total. The minimum absolute atomic E-state index is 0.155. The normalized spacial score (nSPS) is 26.4. The van der Waals surface area contributed by atoms with E-state index < -0.39 is 0 Å². The third-order valence-electron chi connectivity index (χ3n) is 4.22. The molecular weight excluding hydrogens is 253 g/mol. The van der Waals surface area contributed by atoms with Gasteiger partial charge in [0, 0.05) is 12.1 Å². The van der Waals surface area contributed by atoms with Gasteiger partial charge in [0.2, 0.25) is 0 Å².